The summed E-state index contributed by atoms with van der Waals surface area (Å²) in [4.78, 5) is 22.6. The second-order valence-corrected chi connectivity index (χ2v) is 4.96. The highest BCUT2D eigenvalue weighted by Gasteiger charge is 2.15. The molecule has 0 heterocycles. The fraction of sp³-hybridized carbons (Fsp3) is 0.0667. The summed E-state index contributed by atoms with van der Waals surface area (Å²) in [7, 11) is 0. The Labute approximate surface area is 119 Å². The number of halogens is 1. The molecule has 3 nitrogen and oxygen atoms in total. The second-order valence-electron chi connectivity index (χ2n) is 4.05. The molecule has 0 atom stereocenters. The van der Waals surface area contributed by atoms with Crippen LogP contribution in [0, 0.1) is 0 Å². The third-order valence-corrected chi connectivity index (χ3v) is 3.22. The third kappa shape index (κ3) is 3.29. The molecule has 0 amide bonds. The SMILES string of the molecule is O=C(O)CC(=O)c1ccccc1-c1ccc(Br)cc1. The van der Waals surface area contributed by atoms with Crippen LogP contribution < -0.4 is 0 Å². The number of carboxylic acids is 1. The average molecular weight is 319 g/mol. The molecule has 4 heteroatoms. The van der Waals surface area contributed by atoms with E-state index in [9.17, 15) is 9.59 Å². The van der Waals surface area contributed by atoms with Gasteiger partial charge in [-0.2, -0.15) is 0 Å². The highest BCUT2D eigenvalue weighted by Crippen LogP contribution is 2.26. The molecule has 0 unspecified atom stereocenters. The predicted molar refractivity (Wildman–Crippen MR) is 76.2 cm³/mol. The first kappa shape index (κ1) is 13.5. The normalized spacial score (nSPS) is 10.2. The summed E-state index contributed by atoms with van der Waals surface area (Å²) in [5.74, 6) is -1.50. The number of carbonyl (C=O) groups excluding carboxylic acids is 1. The van der Waals surface area contributed by atoms with E-state index in [4.69, 9.17) is 5.11 Å². The van der Waals surface area contributed by atoms with Crippen molar-refractivity contribution in [2.45, 2.75) is 6.42 Å². The summed E-state index contributed by atoms with van der Waals surface area (Å²) < 4.78 is 0.950. The topological polar surface area (TPSA) is 54.4 Å². The zero-order valence-corrected chi connectivity index (χ0v) is 11.6. The first-order chi connectivity index (χ1) is 9.08. The van der Waals surface area contributed by atoms with E-state index < -0.39 is 12.4 Å². The first-order valence-corrected chi connectivity index (χ1v) is 6.47. The Morgan fingerprint density at radius 1 is 1.00 bits per heavy atom. The number of carboxylic acid groups (broad SMARTS) is 1. The van der Waals surface area contributed by atoms with Crippen LogP contribution in [0.15, 0.2) is 53.0 Å². The Morgan fingerprint density at radius 2 is 1.63 bits per heavy atom. The Morgan fingerprint density at radius 3 is 2.26 bits per heavy atom. The van der Waals surface area contributed by atoms with E-state index in [0.29, 0.717) is 5.56 Å². The first-order valence-electron chi connectivity index (χ1n) is 5.68. The van der Waals surface area contributed by atoms with Gasteiger partial charge < -0.3 is 5.11 Å². The molecule has 0 aliphatic carbocycles. The Bertz CT molecular complexity index is 618. The Balaban J connectivity index is 2.44. The molecule has 0 aliphatic heterocycles. The van der Waals surface area contributed by atoms with Gasteiger partial charge in [-0.15, -0.1) is 0 Å². The fourth-order valence-electron chi connectivity index (χ4n) is 1.84. The van der Waals surface area contributed by atoms with E-state index in [0.717, 1.165) is 15.6 Å². The number of benzene rings is 2. The maximum absolute atomic E-state index is 11.9. The predicted octanol–water partition coefficient (Wildman–Crippen LogP) is 3.77. The summed E-state index contributed by atoms with van der Waals surface area (Å²) in [5.41, 5.74) is 2.08. The zero-order chi connectivity index (χ0) is 13.8. The van der Waals surface area contributed by atoms with Crippen molar-refractivity contribution in [2.75, 3.05) is 0 Å². The van der Waals surface area contributed by atoms with E-state index in [1.165, 1.54) is 0 Å². The molecule has 2 aromatic rings. The monoisotopic (exact) mass is 318 g/mol. The quantitative estimate of drug-likeness (QED) is 0.689. The minimum atomic E-state index is -1.12. The van der Waals surface area contributed by atoms with Crippen molar-refractivity contribution >= 4 is 27.7 Å². The van der Waals surface area contributed by atoms with Gasteiger partial charge in [0, 0.05) is 10.0 Å². The summed E-state index contributed by atoms with van der Waals surface area (Å²) in [6, 6.07) is 14.6. The number of aliphatic carboxylic acids is 1. The van der Waals surface area contributed by atoms with Crippen molar-refractivity contribution in [1.29, 1.82) is 0 Å². The van der Waals surface area contributed by atoms with Crippen LogP contribution in [0.5, 0.6) is 0 Å². The molecule has 0 aromatic heterocycles. The molecule has 0 saturated carbocycles. The van der Waals surface area contributed by atoms with Gasteiger partial charge in [0.15, 0.2) is 5.78 Å². The van der Waals surface area contributed by atoms with Gasteiger partial charge in [-0.05, 0) is 23.3 Å². The van der Waals surface area contributed by atoms with Gasteiger partial charge in [0.1, 0.15) is 6.42 Å². The Hall–Kier alpha value is -1.94. The lowest BCUT2D eigenvalue weighted by Crippen LogP contribution is -2.08. The molecule has 19 heavy (non-hydrogen) atoms. The number of hydrogen-bond acceptors (Lipinski definition) is 2. The molecule has 0 bridgehead atoms. The van der Waals surface area contributed by atoms with Crippen molar-refractivity contribution in [3.63, 3.8) is 0 Å². The second kappa shape index (κ2) is 5.80. The Kier molecular flexibility index (Phi) is 4.12. The van der Waals surface area contributed by atoms with Crippen LogP contribution in [0.25, 0.3) is 11.1 Å². The molecule has 0 radical (unpaired) electrons. The molecule has 2 aromatic carbocycles. The van der Waals surface area contributed by atoms with E-state index in [-0.39, 0.29) is 5.78 Å². The maximum atomic E-state index is 11.9. The molecular formula is C15H11BrO3. The van der Waals surface area contributed by atoms with Gasteiger partial charge >= 0.3 is 5.97 Å². The zero-order valence-electron chi connectivity index (χ0n) is 9.97. The minimum absolute atomic E-state index is 0.383. The highest BCUT2D eigenvalue weighted by molar-refractivity contribution is 9.10. The smallest absolute Gasteiger partial charge is 0.311 e. The van der Waals surface area contributed by atoms with Crippen LogP contribution in [0.2, 0.25) is 0 Å². The van der Waals surface area contributed by atoms with E-state index >= 15 is 0 Å². The summed E-state index contributed by atoms with van der Waals surface area (Å²) >= 11 is 3.35. The van der Waals surface area contributed by atoms with Gasteiger partial charge in [-0.25, -0.2) is 0 Å². The maximum Gasteiger partial charge on any atom is 0.311 e. The lowest BCUT2D eigenvalue weighted by atomic mass is 9.96. The molecule has 96 valence electrons. The molecule has 0 saturated heterocycles. The molecule has 0 spiro atoms. The van der Waals surface area contributed by atoms with Gasteiger partial charge in [0.05, 0.1) is 0 Å². The average Bonchev–Trinajstić information content (AvgIpc) is 2.39. The lowest BCUT2D eigenvalue weighted by Gasteiger charge is -2.08. The lowest BCUT2D eigenvalue weighted by molar-refractivity contribution is -0.135. The molecule has 0 aliphatic rings. The van der Waals surface area contributed by atoms with Crippen molar-refractivity contribution in [1.82, 2.24) is 0 Å². The largest absolute Gasteiger partial charge is 0.481 e. The van der Waals surface area contributed by atoms with Crippen LogP contribution in [-0.4, -0.2) is 16.9 Å². The summed E-state index contributed by atoms with van der Waals surface area (Å²) in [5, 5.41) is 8.72. The number of Topliss-reactive ketones (excluding diaryl/α,β-unsaturated/α-hetero) is 1. The number of rotatable bonds is 4. The van der Waals surface area contributed by atoms with Crippen LogP contribution >= 0.6 is 15.9 Å². The van der Waals surface area contributed by atoms with E-state index in [1.54, 1.807) is 12.1 Å². The van der Waals surface area contributed by atoms with Crippen molar-refractivity contribution < 1.29 is 14.7 Å². The van der Waals surface area contributed by atoms with Crippen LogP contribution in [-0.2, 0) is 4.79 Å². The fourth-order valence-corrected chi connectivity index (χ4v) is 2.10. The minimum Gasteiger partial charge on any atom is -0.481 e. The van der Waals surface area contributed by atoms with Gasteiger partial charge in [-0.1, -0.05) is 52.3 Å². The van der Waals surface area contributed by atoms with Crippen LogP contribution in [0.1, 0.15) is 16.8 Å². The summed E-state index contributed by atoms with van der Waals surface area (Å²) in [6.45, 7) is 0. The number of ketones is 1. The number of carbonyl (C=O) groups is 2. The molecule has 2 rings (SSSR count). The molecule has 1 N–H and O–H groups in total. The van der Waals surface area contributed by atoms with Gasteiger partial charge in [0.2, 0.25) is 0 Å². The standard InChI is InChI=1S/C15H11BrO3/c16-11-7-5-10(6-8-11)12-3-1-2-4-13(12)14(17)9-15(18)19/h1-8H,9H2,(H,18,19). The number of hydrogen-bond donors (Lipinski definition) is 1. The third-order valence-electron chi connectivity index (χ3n) is 2.69. The van der Waals surface area contributed by atoms with E-state index in [2.05, 4.69) is 15.9 Å². The van der Waals surface area contributed by atoms with Crippen molar-refractivity contribution in [3.8, 4) is 11.1 Å². The molecule has 0 fully saturated rings. The van der Waals surface area contributed by atoms with Crippen molar-refractivity contribution in [2.24, 2.45) is 0 Å². The van der Waals surface area contributed by atoms with Crippen LogP contribution in [0.4, 0.5) is 0 Å². The van der Waals surface area contributed by atoms with E-state index in [1.807, 2.05) is 36.4 Å². The van der Waals surface area contributed by atoms with Gasteiger partial charge in [-0.3, -0.25) is 9.59 Å². The summed E-state index contributed by atoms with van der Waals surface area (Å²) in [6.07, 6.45) is -0.493. The van der Waals surface area contributed by atoms with Crippen molar-refractivity contribution in [3.05, 3.63) is 58.6 Å². The van der Waals surface area contributed by atoms with Crippen LogP contribution in [0.3, 0.4) is 0 Å². The van der Waals surface area contributed by atoms with Gasteiger partial charge in [0.25, 0.3) is 0 Å². The highest BCUT2D eigenvalue weighted by atomic mass is 79.9. The molecular weight excluding hydrogens is 308 g/mol.